The van der Waals surface area contributed by atoms with Crippen LogP contribution in [0.2, 0.25) is 0 Å². The zero-order valence-corrected chi connectivity index (χ0v) is 24.0. The second-order valence-electron chi connectivity index (χ2n) is 10.1. The molecule has 0 aliphatic carbocycles. The van der Waals surface area contributed by atoms with E-state index in [0.717, 1.165) is 11.1 Å². The summed E-state index contributed by atoms with van der Waals surface area (Å²) < 4.78 is 32.3. The lowest BCUT2D eigenvalue weighted by molar-refractivity contribution is 0.0990. The Balaban J connectivity index is 1.41. The van der Waals surface area contributed by atoms with Crippen LogP contribution in [0.3, 0.4) is 0 Å². The van der Waals surface area contributed by atoms with E-state index in [4.69, 9.17) is 14.2 Å². The highest BCUT2D eigenvalue weighted by atomic mass is 19.1. The maximum absolute atomic E-state index is 13.6. The summed E-state index contributed by atoms with van der Waals surface area (Å²) in [5.74, 6) is 1.36. The molecule has 5 aromatic rings. The summed E-state index contributed by atoms with van der Waals surface area (Å²) in [6.45, 7) is 3.94. The van der Waals surface area contributed by atoms with Gasteiger partial charge in [0.15, 0.2) is 22.7 Å². The summed E-state index contributed by atoms with van der Waals surface area (Å²) in [4.78, 5) is 35.8. The molecule has 42 heavy (non-hydrogen) atoms. The van der Waals surface area contributed by atoms with E-state index in [1.807, 2.05) is 13.8 Å². The summed E-state index contributed by atoms with van der Waals surface area (Å²) in [6, 6.07) is 14.4. The Morgan fingerprint density at radius 2 is 1.67 bits per heavy atom. The number of aromatic nitrogens is 3. The van der Waals surface area contributed by atoms with E-state index in [1.54, 1.807) is 80.7 Å². The predicted octanol–water partition coefficient (Wildman–Crippen LogP) is 6.49. The summed E-state index contributed by atoms with van der Waals surface area (Å²) in [5.41, 5.74) is 2.55. The Labute approximate surface area is 242 Å². The van der Waals surface area contributed by atoms with Gasteiger partial charge < -0.3 is 18.8 Å². The van der Waals surface area contributed by atoms with Gasteiger partial charge in [-0.15, -0.1) is 0 Å². The first-order chi connectivity index (χ1) is 20.2. The fourth-order valence-corrected chi connectivity index (χ4v) is 5.04. The lowest BCUT2D eigenvalue weighted by atomic mass is 9.93. The molecule has 0 radical (unpaired) electrons. The average molecular weight is 568 g/mol. The van der Waals surface area contributed by atoms with E-state index >= 15 is 0 Å². The van der Waals surface area contributed by atoms with Crippen LogP contribution in [-0.4, -0.2) is 34.5 Å². The van der Waals surface area contributed by atoms with Crippen LogP contribution in [-0.2, 0) is 13.5 Å². The van der Waals surface area contributed by atoms with Gasteiger partial charge in [-0.2, -0.15) is 0 Å². The number of carbonyl (C=O) groups excluding carboxylic acids is 1. The van der Waals surface area contributed by atoms with Crippen molar-refractivity contribution in [1.82, 2.24) is 14.5 Å². The number of carbonyl (C=O) groups is 1. The molecule has 0 saturated carbocycles. The van der Waals surface area contributed by atoms with Crippen molar-refractivity contribution in [2.24, 2.45) is 7.05 Å². The molecule has 0 N–H and O–H groups in total. The number of methoxy groups -OCH3 is 2. The standard InChI is InChI=1S/C33H30FN3O5/c1-19(2)32-31(20-6-8-21(34)9-7-20)33(39)25(18-37(32)3)27(38)14-22-10-11-23(17-36-22)42-28-12-13-35-26-16-30(41-5)29(40-4)15-24(26)28/h6-13,15-19H,14H2,1-5H3. The van der Waals surface area contributed by atoms with Crippen LogP contribution in [0, 0.1) is 5.82 Å². The highest BCUT2D eigenvalue weighted by Crippen LogP contribution is 2.36. The monoisotopic (exact) mass is 567 g/mol. The van der Waals surface area contributed by atoms with Gasteiger partial charge >= 0.3 is 0 Å². The number of Topliss-reactive ketones (excluding diaryl/α,β-unsaturated/α-hetero) is 1. The van der Waals surface area contributed by atoms with Crippen molar-refractivity contribution in [2.45, 2.75) is 26.2 Å². The molecule has 0 fully saturated rings. The van der Waals surface area contributed by atoms with E-state index in [2.05, 4.69) is 9.97 Å². The van der Waals surface area contributed by atoms with Crippen LogP contribution in [0.15, 0.2) is 78.0 Å². The number of benzene rings is 2. The lowest BCUT2D eigenvalue weighted by Gasteiger charge is -2.19. The van der Waals surface area contributed by atoms with Crippen LogP contribution < -0.4 is 19.6 Å². The van der Waals surface area contributed by atoms with E-state index in [1.165, 1.54) is 18.3 Å². The molecule has 2 aromatic carbocycles. The number of hydrogen-bond donors (Lipinski definition) is 0. The summed E-state index contributed by atoms with van der Waals surface area (Å²) in [5, 5.41) is 0.729. The van der Waals surface area contributed by atoms with Crippen LogP contribution >= 0.6 is 0 Å². The van der Waals surface area contributed by atoms with Gasteiger partial charge in [0, 0.05) is 47.8 Å². The van der Waals surface area contributed by atoms with E-state index < -0.39 is 5.82 Å². The average Bonchev–Trinajstić information content (AvgIpc) is 2.98. The Kier molecular flexibility index (Phi) is 8.01. The van der Waals surface area contributed by atoms with E-state index in [0.29, 0.717) is 45.3 Å². The highest BCUT2D eigenvalue weighted by Gasteiger charge is 2.22. The van der Waals surface area contributed by atoms with Gasteiger partial charge in [0.2, 0.25) is 0 Å². The normalized spacial score (nSPS) is 11.1. The number of ether oxygens (including phenoxy) is 3. The fourth-order valence-electron chi connectivity index (χ4n) is 5.04. The Bertz CT molecular complexity index is 1830. The first-order valence-corrected chi connectivity index (χ1v) is 13.4. The fraction of sp³-hybridized carbons (Fsp3) is 0.212. The molecule has 214 valence electrons. The molecule has 5 rings (SSSR count). The number of halogens is 1. The van der Waals surface area contributed by atoms with Crippen molar-refractivity contribution >= 4 is 16.7 Å². The van der Waals surface area contributed by atoms with Crippen LogP contribution in [0.4, 0.5) is 4.39 Å². The molecule has 0 unspecified atom stereocenters. The van der Waals surface area contributed by atoms with Gasteiger partial charge in [0.25, 0.3) is 0 Å². The van der Waals surface area contributed by atoms with E-state index in [-0.39, 0.29) is 29.1 Å². The van der Waals surface area contributed by atoms with Gasteiger partial charge in [-0.3, -0.25) is 19.6 Å². The molecule has 3 heterocycles. The second-order valence-corrected chi connectivity index (χ2v) is 10.1. The number of nitrogens with zero attached hydrogens (tertiary/aromatic N) is 3. The molecule has 8 nitrogen and oxygen atoms in total. The van der Waals surface area contributed by atoms with Crippen molar-refractivity contribution in [3.8, 4) is 34.1 Å². The quantitative estimate of drug-likeness (QED) is 0.188. The molecule has 0 bridgehead atoms. The van der Waals surface area contributed by atoms with Crippen molar-refractivity contribution in [1.29, 1.82) is 0 Å². The third-order valence-electron chi connectivity index (χ3n) is 6.98. The Morgan fingerprint density at radius 1 is 0.952 bits per heavy atom. The number of hydrogen-bond acceptors (Lipinski definition) is 7. The van der Waals surface area contributed by atoms with Crippen molar-refractivity contribution in [3.63, 3.8) is 0 Å². The third-order valence-corrected chi connectivity index (χ3v) is 6.98. The van der Waals surface area contributed by atoms with Crippen molar-refractivity contribution in [3.05, 3.63) is 106 Å². The lowest BCUT2D eigenvalue weighted by Crippen LogP contribution is -2.24. The zero-order valence-electron chi connectivity index (χ0n) is 24.0. The summed E-state index contributed by atoms with van der Waals surface area (Å²) in [6.07, 6.45) is 4.66. The molecular formula is C33H30FN3O5. The molecule has 0 amide bonds. The van der Waals surface area contributed by atoms with Gasteiger partial charge in [0.05, 0.1) is 37.9 Å². The minimum absolute atomic E-state index is 0.00162. The number of aryl methyl sites for hydroxylation is 1. The largest absolute Gasteiger partial charge is 0.493 e. The maximum Gasteiger partial charge on any atom is 0.200 e. The predicted molar refractivity (Wildman–Crippen MR) is 158 cm³/mol. The molecule has 0 aliphatic rings. The molecule has 0 saturated heterocycles. The molecule has 9 heteroatoms. The van der Waals surface area contributed by atoms with E-state index in [9.17, 15) is 14.0 Å². The molecular weight excluding hydrogens is 537 g/mol. The van der Waals surface area contributed by atoms with Gasteiger partial charge in [0.1, 0.15) is 17.3 Å². The van der Waals surface area contributed by atoms with Crippen molar-refractivity contribution in [2.75, 3.05) is 14.2 Å². The first-order valence-electron chi connectivity index (χ1n) is 13.4. The van der Waals surface area contributed by atoms with Crippen LogP contribution in [0.5, 0.6) is 23.0 Å². The first kappa shape index (κ1) is 28.5. The van der Waals surface area contributed by atoms with Crippen LogP contribution in [0.1, 0.15) is 41.5 Å². The van der Waals surface area contributed by atoms with Crippen LogP contribution in [0.25, 0.3) is 22.0 Å². The third kappa shape index (κ3) is 5.58. The smallest absolute Gasteiger partial charge is 0.200 e. The second kappa shape index (κ2) is 11.8. The maximum atomic E-state index is 13.6. The number of ketones is 1. The molecule has 0 spiro atoms. The summed E-state index contributed by atoms with van der Waals surface area (Å²) in [7, 11) is 4.92. The Hall–Kier alpha value is -5.05. The summed E-state index contributed by atoms with van der Waals surface area (Å²) >= 11 is 0. The minimum atomic E-state index is -0.399. The van der Waals surface area contributed by atoms with Gasteiger partial charge in [-0.1, -0.05) is 26.0 Å². The molecule has 0 aliphatic heterocycles. The molecule has 3 aromatic heterocycles. The zero-order chi connectivity index (χ0) is 30.0. The highest BCUT2D eigenvalue weighted by molar-refractivity contribution is 5.98. The molecule has 0 atom stereocenters. The minimum Gasteiger partial charge on any atom is -0.493 e. The number of fused-ring (bicyclic) bond motifs is 1. The topological polar surface area (TPSA) is 92.5 Å². The van der Waals surface area contributed by atoms with Gasteiger partial charge in [-0.25, -0.2) is 4.39 Å². The number of rotatable bonds is 9. The SMILES string of the molecule is COc1cc2nccc(Oc3ccc(CC(=O)c4cn(C)c(C(C)C)c(-c5ccc(F)cc5)c4=O)nc3)c2cc1OC. The van der Waals surface area contributed by atoms with Crippen molar-refractivity contribution < 1.29 is 23.4 Å². The number of pyridine rings is 3. The Morgan fingerprint density at radius 3 is 2.31 bits per heavy atom. The van der Waals surface area contributed by atoms with Gasteiger partial charge in [-0.05, 0) is 47.9 Å².